The van der Waals surface area contributed by atoms with Crippen LogP contribution in [0.25, 0.3) is 0 Å². The molecule has 1 aromatic heterocycles. The van der Waals surface area contributed by atoms with Crippen LogP contribution < -0.4 is 5.32 Å². The molecule has 0 unspecified atom stereocenters. The molecule has 0 aliphatic carbocycles. The molecule has 4 rings (SSSR count). The predicted octanol–water partition coefficient (Wildman–Crippen LogP) is 7.04. The zero-order valence-electron chi connectivity index (χ0n) is 20.0. The number of pyridine rings is 1. The Morgan fingerprint density at radius 3 is 2.12 bits per heavy atom. The maximum Gasteiger partial charge on any atom is 0.408 e. The van der Waals surface area contributed by atoms with Gasteiger partial charge in [0.15, 0.2) is 0 Å². The highest BCUT2D eigenvalue weighted by Gasteiger charge is 2.30. The highest BCUT2D eigenvalue weighted by molar-refractivity contribution is 9.10. The van der Waals surface area contributed by atoms with Crippen LogP contribution in [-0.2, 0) is 9.47 Å². The summed E-state index contributed by atoms with van der Waals surface area (Å²) < 4.78 is 11.5. The van der Waals surface area contributed by atoms with Crippen molar-refractivity contribution < 1.29 is 14.3 Å². The van der Waals surface area contributed by atoms with E-state index in [1.165, 1.54) is 12.8 Å². The van der Waals surface area contributed by atoms with E-state index in [2.05, 4.69) is 38.4 Å². The second kappa shape index (κ2) is 12.7. The van der Waals surface area contributed by atoms with Crippen LogP contribution in [0.15, 0.2) is 83.5 Å². The largest absolute Gasteiger partial charge is 0.444 e. The molecule has 1 fully saturated rings. The Morgan fingerprint density at radius 2 is 1.59 bits per heavy atom. The first kappa shape index (κ1) is 25.9. The van der Waals surface area contributed by atoms with Crippen molar-refractivity contribution in [3.05, 3.63) is 100 Å². The lowest BCUT2D eigenvalue weighted by Crippen LogP contribution is -2.37. The average molecular weight is 525 g/mol. The molecule has 1 saturated heterocycles. The summed E-state index contributed by atoms with van der Waals surface area (Å²) in [6.07, 6.45) is 3.88. The topological polar surface area (TPSA) is 60.5 Å². The van der Waals surface area contributed by atoms with Gasteiger partial charge in [-0.05, 0) is 69.0 Å². The van der Waals surface area contributed by atoms with Crippen molar-refractivity contribution in [2.45, 2.75) is 51.2 Å². The maximum absolute atomic E-state index is 12.7. The maximum atomic E-state index is 12.7. The summed E-state index contributed by atoms with van der Waals surface area (Å²) >= 11 is 3.50. The molecule has 2 atom stereocenters. The van der Waals surface area contributed by atoms with E-state index in [0.29, 0.717) is 0 Å². The van der Waals surface area contributed by atoms with Crippen molar-refractivity contribution in [2.75, 3.05) is 13.2 Å². The SMILES string of the molecule is C1CCOC1.CC(C)(C)OC(=O)N[C@@H](c1ccccc1)[C@@H](c1ccc(Br)cc1)c1ccccn1. The number of ether oxygens (including phenoxy) is 2. The Hall–Kier alpha value is -2.70. The minimum absolute atomic E-state index is 0.181. The predicted molar refractivity (Wildman–Crippen MR) is 139 cm³/mol. The lowest BCUT2D eigenvalue weighted by atomic mass is 9.84. The Bertz CT molecular complexity index is 994. The zero-order chi connectivity index (χ0) is 24.4. The van der Waals surface area contributed by atoms with Gasteiger partial charge < -0.3 is 14.8 Å². The first-order valence-corrected chi connectivity index (χ1v) is 12.4. The normalized spacial score (nSPS) is 14.9. The second-order valence-electron chi connectivity index (χ2n) is 9.14. The van der Waals surface area contributed by atoms with Crippen LogP contribution in [0.5, 0.6) is 0 Å². The van der Waals surface area contributed by atoms with E-state index in [4.69, 9.17) is 9.47 Å². The number of alkyl carbamates (subject to hydrolysis) is 1. The van der Waals surface area contributed by atoms with Gasteiger partial charge in [0, 0.05) is 23.9 Å². The van der Waals surface area contributed by atoms with Gasteiger partial charge in [0.2, 0.25) is 0 Å². The molecule has 3 aromatic rings. The zero-order valence-corrected chi connectivity index (χ0v) is 21.6. The van der Waals surface area contributed by atoms with E-state index in [9.17, 15) is 4.79 Å². The minimum atomic E-state index is -0.580. The molecule has 2 aromatic carbocycles. The molecule has 1 aliphatic heterocycles. The quantitative estimate of drug-likeness (QED) is 0.388. The number of halogens is 1. The van der Waals surface area contributed by atoms with E-state index in [0.717, 1.165) is 34.5 Å². The monoisotopic (exact) mass is 524 g/mol. The molecule has 2 heterocycles. The van der Waals surface area contributed by atoms with Gasteiger partial charge in [-0.25, -0.2) is 4.79 Å². The summed E-state index contributed by atoms with van der Waals surface area (Å²) in [6.45, 7) is 7.57. The molecule has 1 aliphatic rings. The summed E-state index contributed by atoms with van der Waals surface area (Å²) in [4.78, 5) is 17.3. The van der Waals surface area contributed by atoms with Crippen molar-refractivity contribution in [3.8, 4) is 0 Å². The highest BCUT2D eigenvalue weighted by atomic mass is 79.9. The lowest BCUT2D eigenvalue weighted by Gasteiger charge is -2.30. The van der Waals surface area contributed by atoms with Crippen LogP contribution in [-0.4, -0.2) is 29.9 Å². The fourth-order valence-corrected chi connectivity index (χ4v) is 3.99. The molecule has 1 N–H and O–H groups in total. The van der Waals surface area contributed by atoms with E-state index in [1.807, 2.05) is 81.4 Å². The van der Waals surface area contributed by atoms with Crippen LogP contribution >= 0.6 is 15.9 Å². The number of benzene rings is 2. The van der Waals surface area contributed by atoms with Gasteiger partial charge in [0.1, 0.15) is 5.60 Å². The Morgan fingerprint density at radius 1 is 0.941 bits per heavy atom. The molecule has 34 heavy (non-hydrogen) atoms. The molecule has 5 nitrogen and oxygen atoms in total. The third-order valence-corrected chi connectivity index (χ3v) is 5.76. The van der Waals surface area contributed by atoms with Crippen LogP contribution in [0, 0.1) is 0 Å². The summed E-state index contributed by atoms with van der Waals surface area (Å²) in [7, 11) is 0. The van der Waals surface area contributed by atoms with Crippen molar-refractivity contribution in [2.24, 2.45) is 0 Å². The molecular formula is C28H33BrN2O3. The number of amides is 1. The number of rotatable bonds is 5. The average Bonchev–Trinajstić information content (AvgIpc) is 3.40. The first-order valence-electron chi connectivity index (χ1n) is 11.6. The number of carbonyl (C=O) groups excluding carboxylic acids is 1. The number of carbonyl (C=O) groups is 1. The number of hydrogen-bond donors (Lipinski definition) is 1. The third-order valence-electron chi connectivity index (χ3n) is 5.23. The Kier molecular flexibility index (Phi) is 9.66. The van der Waals surface area contributed by atoms with Gasteiger partial charge >= 0.3 is 6.09 Å². The highest BCUT2D eigenvalue weighted by Crippen LogP contribution is 2.36. The standard InChI is InChI=1S/C24H25BrN2O2.C4H8O/c1-24(2,3)29-23(28)27-22(18-9-5-4-6-10-18)21(20-11-7-8-16-26-20)17-12-14-19(25)15-13-17;1-2-4-5-3-1/h4-16,21-22H,1-3H3,(H,27,28);1-4H2/t21-,22-;/m0./s1. The van der Waals surface area contributed by atoms with E-state index >= 15 is 0 Å². The second-order valence-corrected chi connectivity index (χ2v) is 10.1. The van der Waals surface area contributed by atoms with Crippen LogP contribution in [0.3, 0.4) is 0 Å². The first-order chi connectivity index (χ1) is 16.3. The minimum Gasteiger partial charge on any atom is -0.444 e. The Balaban J connectivity index is 0.000000574. The van der Waals surface area contributed by atoms with Gasteiger partial charge in [-0.15, -0.1) is 0 Å². The van der Waals surface area contributed by atoms with Crippen molar-refractivity contribution in [1.29, 1.82) is 0 Å². The van der Waals surface area contributed by atoms with Gasteiger partial charge in [0.05, 0.1) is 17.7 Å². The molecule has 180 valence electrons. The molecule has 0 spiro atoms. The Labute approximate surface area is 211 Å². The summed E-state index contributed by atoms with van der Waals surface area (Å²) in [6, 6.07) is 23.5. The van der Waals surface area contributed by atoms with Gasteiger partial charge in [-0.2, -0.15) is 0 Å². The molecule has 1 amide bonds. The van der Waals surface area contributed by atoms with Crippen LogP contribution in [0.2, 0.25) is 0 Å². The number of nitrogens with zero attached hydrogens (tertiary/aromatic N) is 1. The summed E-state index contributed by atoms with van der Waals surface area (Å²) in [5, 5.41) is 3.09. The summed E-state index contributed by atoms with van der Waals surface area (Å²) in [5.74, 6) is -0.181. The third kappa shape index (κ3) is 8.26. The number of aromatic nitrogens is 1. The molecule has 0 saturated carbocycles. The van der Waals surface area contributed by atoms with E-state index < -0.39 is 11.7 Å². The van der Waals surface area contributed by atoms with E-state index in [1.54, 1.807) is 6.20 Å². The van der Waals surface area contributed by atoms with Crippen LogP contribution in [0.4, 0.5) is 4.79 Å². The van der Waals surface area contributed by atoms with Crippen molar-refractivity contribution in [3.63, 3.8) is 0 Å². The number of nitrogens with one attached hydrogen (secondary N) is 1. The van der Waals surface area contributed by atoms with Gasteiger partial charge in [0.25, 0.3) is 0 Å². The summed E-state index contributed by atoms with van der Waals surface area (Å²) in [5.41, 5.74) is 2.33. The van der Waals surface area contributed by atoms with Crippen LogP contribution in [0.1, 0.15) is 62.4 Å². The van der Waals surface area contributed by atoms with Gasteiger partial charge in [-0.3, -0.25) is 4.98 Å². The molecule has 6 heteroatoms. The van der Waals surface area contributed by atoms with Crippen molar-refractivity contribution in [1.82, 2.24) is 10.3 Å². The lowest BCUT2D eigenvalue weighted by molar-refractivity contribution is 0.0498. The fraction of sp³-hybridized carbons (Fsp3) is 0.357. The smallest absolute Gasteiger partial charge is 0.408 e. The van der Waals surface area contributed by atoms with Crippen molar-refractivity contribution >= 4 is 22.0 Å². The van der Waals surface area contributed by atoms with E-state index in [-0.39, 0.29) is 12.0 Å². The molecule has 0 radical (unpaired) electrons. The molecular weight excluding hydrogens is 492 g/mol. The van der Waals surface area contributed by atoms with Gasteiger partial charge in [-0.1, -0.05) is 64.5 Å². The molecule has 0 bridgehead atoms. The number of hydrogen-bond acceptors (Lipinski definition) is 4. The fourth-order valence-electron chi connectivity index (χ4n) is 3.73.